The fraction of sp³-hybridized carbons (Fsp3) is 0.0556. The molecule has 0 fully saturated rings. The molecule has 3 aromatic rings. The van der Waals surface area contributed by atoms with Crippen LogP contribution in [0.5, 0.6) is 0 Å². The van der Waals surface area contributed by atoms with Crippen LogP contribution in [0.25, 0.3) is 0 Å². The quantitative estimate of drug-likeness (QED) is 0.694. The van der Waals surface area contributed by atoms with Gasteiger partial charge < -0.3 is 10.6 Å². The summed E-state index contributed by atoms with van der Waals surface area (Å²) in [6, 6.07) is 8.56. The van der Waals surface area contributed by atoms with Gasteiger partial charge in [0.05, 0.1) is 12.4 Å². The van der Waals surface area contributed by atoms with Gasteiger partial charge in [-0.25, -0.2) is 18.7 Å². The molecule has 1 aromatic heterocycles. The number of nitrogens with zero attached hydrogens (tertiary/aromatic N) is 2. The Morgan fingerprint density at radius 2 is 1.81 bits per heavy atom. The normalized spacial score (nSPS) is 10.5. The first-order chi connectivity index (χ1) is 12.4. The number of benzene rings is 2. The highest BCUT2D eigenvalue weighted by Crippen LogP contribution is 2.22. The van der Waals surface area contributed by atoms with Crippen molar-refractivity contribution in [2.45, 2.75) is 6.92 Å². The monoisotopic (exact) mass is 374 g/mol. The summed E-state index contributed by atoms with van der Waals surface area (Å²) < 4.78 is 27.3. The summed E-state index contributed by atoms with van der Waals surface area (Å²) in [4.78, 5) is 20.2. The molecular weight excluding hydrogens is 362 g/mol. The van der Waals surface area contributed by atoms with E-state index < -0.39 is 17.5 Å². The standard InChI is InChI=1S/C18H13ClF2N4O/c1-10-7-11(19)5-6-14(10)24-18(26)15-8-23-16(9-22-15)25-17-12(20)3-2-4-13(17)21/h2-9H,1H3,(H,23,25)(H,24,26). The molecule has 1 heterocycles. The second-order valence-corrected chi connectivity index (χ2v) is 5.86. The predicted octanol–water partition coefficient (Wildman–Crippen LogP) is 4.71. The number of para-hydroxylation sites is 1. The summed E-state index contributed by atoms with van der Waals surface area (Å²) in [6.07, 6.45) is 2.43. The van der Waals surface area contributed by atoms with E-state index in [4.69, 9.17) is 11.6 Å². The lowest BCUT2D eigenvalue weighted by Crippen LogP contribution is -2.15. The van der Waals surface area contributed by atoms with Crippen LogP contribution in [0, 0.1) is 18.6 Å². The zero-order valence-corrected chi connectivity index (χ0v) is 14.3. The number of anilines is 3. The van der Waals surface area contributed by atoms with E-state index in [1.165, 1.54) is 18.5 Å². The van der Waals surface area contributed by atoms with Crippen LogP contribution in [-0.2, 0) is 0 Å². The Balaban J connectivity index is 1.74. The van der Waals surface area contributed by atoms with Crippen LogP contribution in [0.3, 0.4) is 0 Å². The van der Waals surface area contributed by atoms with Gasteiger partial charge >= 0.3 is 0 Å². The molecule has 0 atom stereocenters. The van der Waals surface area contributed by atoms with Gasteiger partial charge in [0.1, 0.15) is 28.8 Å². The van der Waals surface area contributed by atoms with E-state index in [0.29, 0.717) is 10.7 Å². The Morgan fingerprint density at radius 3 is 2.42 bits per heavy atom. The molecule has 2 N–H and O–H groups in total. The van der Waals surface area contributed by atoms with Crippen LogP contribution >= 0.6 is 11.6 Å². The maximum atomic E-state index is 13.6. The average Bonchev–Trinajstić information content (AvgIpc) is 2.61. The Kier molecular flexibility index (Phi) is 5.09. The molecular formula is C18H13ClF2N4O. The van der Waals surface area contributed by atoms with Crippen LogP contribution in [0.4, 0.5) is 26.0 Å². The van der Waals surface area contributed by atoms with E-state index in [1.54, 1.807) is 18.2 Å². The first-order valence-electron chi connectivity index (χ1n) is 7.54. The third-order valence-electron chi connectivity index (χ3n) is 3.54. The number of carbonyl (C=O) groups excluding carboxylic acids is 1. The number of aryl methyl sites for hydroxylation is 1. The van der Waals surface area contributed by atoms with Gasteiger partial charge in [0, 0.05) is 10.7 Å². The minimum atomic E-state index is -0.758. The van der Waals surface area contributed by atoms with E-state index in [0.717, 1.165) is 17.7 Å². The van der Waals surface area contributed by atoms with Crippen LogP contribution < -0.4 is 10.6 Å². The maximum Gasteiger partial charge on any atom is 0.275 e. The first-order valence-corrected chi connectivity index (χ1v) is 7.92. The number of amides is 1. The summed E-state index contributed by atoms with van der Waals surface area (Å²) in [5.74, 6) is -1.88. The Bertz CT molecular complexity index is 944. The predicted molar refractivity (Wildman–Crippen MR) is 95.8 cm³/mol. The Hall–Kier alpha value is -3.06. The SMILES string of the molecule is Cc1cc(Cl)ccc1NC(=O)c1cnc(Nc2c(F)cccc2F)cn1. The topological polar surface area (TPSA) is 66.9 Å². The van der Waals surface area contributed by atoms with Crippen molar-refractivity contribution in [1.82, 2.24) is 9.97 Å². The van der Waals surface area contributed by atoms with Gasteiger partial charge in [0.25, 0.3) is 5.91 Å². The fourth-order valence-corrected chi connectivity index (χ4v) is 2.44. The largest absolute Gasteiger partial charge is 0.334 e. The summed E-state index contributed by atoms with van der Waals surface area (Å²) in [7, 11) is 0. The molecule has 0 aliphatic heterocycles. The van der Waals surface area contributed by atoms with E-state index in [1.807, 2.05) is 6.92 Å². The molecule has 0 saturated carbocycles. The highest BCUT2D eigenvalue weighted by molar-refractivity contribution is 6.30. The molecule has 0 aliphatic rings. The molecule has 0 aliphatic carbocycles. The molecule has 5 nitrogen and oxygen atoms in total. The highest BCUT2D eigenvalue weighted by Gasteiger charge is 2.12. The van der Waals surface area contributed by atoms with E-state index in [2.05, 4.69) is 20.6 Å². The van der Waals surface area contributed by atoms with Gasteiger partial charge in [0.15, 0.2) is 0 Å². The van der Waals surface area contributed by atoms with Crippen molar-refractivity contribution in [1.29, 1.82) is 0 Å². The van der Waals surface area contributed by atoms with Gasteiger partial charge in [-0.2, -0.15) is 0 Å². The number of rotatable bonds is 4. The third-order valence-corrected chi connectivity index (χ3v) is 3.77. The van der Waals surface area contributed by atoms with Gasteiger partial charge in [-0.1, -0.05) is 17.7 Å². The second-order valence-electron chi connectivity index (χ2n) is 5.42. The van der Waals surface area contributed by atoms with Gasteiger partial charge in [-0.05, 0) is 42.8 Å². The number of aromatic nitrogens is 2. The van der Waals surface area contributed by atoms with Crippen LogP contribution in [0.2, 0.25) is 5.02 Å². The number of carbonyl (C=O) groups is 1. The molecule has 3 rings (SSSR count). The highest BCUT2D eigenvalue weighted by atomic mass is 35.5. The minimum absolute atomic E-state index is 0.0545. The lowest BCUT2D eigenvalue weighted by atomic mass is 10.2. The minimum Gasteiger partial charge on any atom is -0.334 e. The summed E-state index contributed by atoms with van der Waals surface area (Å²) in [6.45, 7) is 1.81. The molecule has 8 heteroatoms. The molecule has 26 heavy (non-hydrogen) atoms. The van der Waals surface area contributed by atoms with Crippen LogP contribution in [0.1, 0.15) is 16.1 Å². The zero-order chi connectivity index (χ0) is 18.7. The Labute approximate surface area is 153 Å². The third kappa shape index (κ3) is 3.94. The molecule has 2 aromatic carbocycles. The van der Waals surface area contributed by atoms with Crippen molar-refractivity contribution in [3.8, 4) is 0 Å². The fourth-order valence-electron chi connectivity index (χ4n) is 2.21. The van der Waals surface area contributed by atoms with Gasteiger partial charge in [-0.15, -0.1) is 0 Å². The van der Waals surface area contributed by atoms with Crippen molar-refractivity contribution in [3.05, 3.63) is 76.7 Å². The molecule has 0 bridgehead atoms. The molecule has 0 unspecified atom stereocenters. The van der Waals surface area contributed by atoms with Gasteiger partial charge in [0.2, 0.25) is 0 Å². The molecule has 0 saturated heterocycles. The second kappa shape index (κ2) is 7.45. The van der Waals surface area contributed by atoms with E-state index >= 15 is 0 Å². The summed E-state index contributed by atoms with van der Waals surface area (Å²) >= 11 is 5.88. The molecule has 132 valence electrons. The van der Waals surface area contributed by atoms with Crippen molar-refractivity contribution in [3.63, 3.8) is 0 Å². The maximum absolute atomic E-state index is 13.6. The lowest BCUT2D eigenvalue weighted by molar-refractivity contribution is 0.102. The van der Waals surface area contributed by atoms with Crippen LogP contribution in [0.15, 0.2) is 48.8 Å². The average molecular weight is 375 g/mol. The van der Waals surface area contributed by atoms with Crippen molar-refractivity contribution < 1.29 is 13.6 Å². The smallest absolute Gasteiger partial charge is 0.275 e. The first kappa shape index (κ1) is 17.8. The van der Waals surface area contributed by atoms with Crippen molar-refractivity contribution >= 4 is 34.7 Å². The number of nitrogens with one attached hydrogen (secondary N) is 2. The van der Waals surface area contributed by atoms with Crippen molar-refractivity contribution in [2.24, 2.45) is 0 Å². The van der Waals surface area contributed by atoms with Crippen LogP contribution in [-0.4, -0.2) is 15.9 Å². The summed E-state index contributed by atoms with van der Waals surface area (Å²) in [5, 5.41) is 5.77. The molecule has 0 radical (unpaired) electrons. The van der Waals surface area contributed by atoms with Crippen molar-refractivity contribution in [2.75, 3.05) is 10.6 Å². The number of halogens is 3. The zero-order valence-electron chi connectivity index (χ0n) is 13.6. The lowest BCUT2D eigenvalue weighted by Gasteiger charge is -2.09. The summed E-state index contributed by atoms with van der Waals surface area (Å²) in [5.41, 5.74) is 1.11. The molecule has 0 spiro atoms. The molecule has 1 amide bonds. The van der Waals surface area contributed by atoms with Gasteiger partial charge in [-0.3, -0.25) is 4.79 Å². The number of hydrogen-bond acceptors (Lipinski definition) is 4. The van der Waals surface area contributed by atoms with E-state index in [-0.39, 0.29) is 17.2 Å². The Morgan fingerprint density at radius 1 is 1.08 bits per heavy atom. The number of hydrogen-bond donors (Lipinski definition) is 2. The van der Waals surface area contributed by atoms with E-state index in [9.17, 15) is 13.6 Å².